The number of fused-ring (bicyclic) bond motifs is 1. The fourth-order valence-electron chi connectivity index (χ4n) is 3.04. The van der Waals surface area contributed by atoms with Crippen LogP contribution in [0.2, 0.25) is 0 Å². The van der Waals surface area contributed by atoms with Crippen molar-refractivity contribution in [3.8, 4) is 17.6 Å². The molecule has 100 valence electrons. The van der Waals surface area contributed by atoms with Gasteiger partial charge in [0.2, 0.25) is 0 Å². The van der Waals surface area contributed by atoms with Crippen LogP contribution in [0.4, 0.5) is 0 Å². The zero-order valence-corrected chi connectivity index (χ0v) is 11.0. The van der Waals surface area contributed by atoms with E-state index in [1.165, 1.54) is 0 Å². The van der Waals surface area contributed by atoms with Crippen molar-refractivity contribution in [3.05, 3.63) is 59.2 Å². The van der Waals surface area contributed by atoms with Gasteiger partial charge in [0.25, 0.3) is 0 Å². The lowest BCUT2D eigenvalue weighted by atomic mass is 9.78. The van der Waals surface area contributed by atoms with E-state index in [-0.39, 0.29) is 11.5 Å². The summed E-state index contributed by atoms with van der Waals surface area (Å²) in [6, 6.07) is 14.7. The Labute approximate surface area is 117 Å². The molecule has 0 radical (unpaired) electrons. The van der Waals surface area contributed by atoms with E-state index in [0.717, 1.165) is 29.5 Å². The Morgan fingerprint density at radius 2 is 1.75 bits per heavy atom. The van der Waals surface area contributed by atoms with Crippen molar-refractivity contribution < 1.29 is 10.2 Å². The van der Waals surface area contributed by atoms with Crippen LogP contribution in [0.15, 0.2) is 42.5 Å². The van der Waals surface area contributed by atoms with Crippen molar-refractivity contribution in [1.29, 1.82) is 5.26 Å². The third-order valence-corrected chi connectivity index (χ3v) is 4.08. The van der Waals surface area contributed by atoms with Gasteiger partial charge >= 0.3 is 0 Å². The number of benzene rings is 2. The second kappa shape index (κ2) is 4.57. The molecule has 3 nitrogen and oxygen atoms in total. The van der Waals surface area contributed by atoms with Gasteiger partial charge in [-0.1, -0.05) is 18.2 Å². The van der Waals surface area contributed by atoms with E-state index in [9.17, 15) is 15.5 Å². The minimum atomic E-state index is -0.528. The SMILES string of the molecule is N#C[C@@]1(Cc2ccc(O)cc2)CCc2cc(O)ccc21. The molecule has 0 aliphatic heterocycles. The van der Waals surface area contributed by atoms with E-state index < -0.39 is 5.41 Å². The van der Waals surface area contributed by atoms with Crippen LogP contribution in [0.1, 0.15) is 23.1 Å². The number of rotatable bonds is 2. The van der Waals surface area contributed by atoms with Gasteiger partial charge in [-0.25, -0.2) is 0 Å². The Morgan fingerprint density at radius 3 is 2.45 bits per heavy atom. The molecule has 3 rings (SSSR count). The average Bonchev–Trinajstić information content (AvgIpc) is 2.80. The van der Waals surface area contributed by atoms with E-state index in [1.54, 1.807) is 24.3 Å². The van der Waals surface area contributed by atoms with E-state index in [2.05, 4.69) is 6.07 Å². The highest BCUT2D eigenvalue weighted by atomic mass is 16.3. The predicted molar refractivity (Wildman–Crippen MR) is 75.5 cm³/mol. The lowest BCUT2D eigenvalue weighted by molar-refractivity contribution is 0.473. The molecule has 20 heavy (non-hydrogen) atoms. The molecule has 0 bridgehead atoms. The quantitative estimate of drug-likeness (QED) is 0.877. The molecule has 2 aromatic carbocycles. The summed E-state index contributed by atoms with van der Waals surface area (Å²) in [6.07, 6.45) is 2.21. The summed E-state index contributed by atoms with van der Waals surface area (Å²) < 4.78 is 0. The summed E-state index contributed by atoms with van der Waals surface area (Å²) >= 11 is 0. The maximum Gasteiger partial charge on any atom is 0.115 e. The van der Waals surface area contributed by atoms with Crippen molar-refractivity contribution in [2.45, 2.75) is 24.7 Å². The van der Waals surface area contributed by atoms with Crippen LogP contribution in [0, 0.1) is 11.3 Å². The molecule has 0 spiro atoms. The van der Waals surface area contributed by atoms with Gasteiger partial charge < -0.3 is 10.2 Å². The smallest absolute Gasteiger partial charge is 0.115 e. The fraction of sp³-hybridized carbons (Fsp3) is 0.235. The maximum absolute atomic E-state index is 9.69. The van der Waals surface area contributed by atoms with Gasteiger partial charge in [0, 0.05) is 0 Å². The standard InChI is InChI=1S/C17H15NO2/c18-11-17(10-12-1-3-14(19)4-2-12)8-7-13-9-15(20)5-6-16(13)17/h1-6,9,19-20H,7-8,10H2/t17-/m0/s1. The molecule has 0 saturated carbocycles. The Kier molecular flexibility index (Phi) is 2.87. The molecule has 0 amide bonds. The molecule has 1 atom stereocenters. The molecule has 0 aromatic heterocycles. The number of aromatic hydroxyl groups is 2. The monoisotopic (exact) mass is 265 g/mol. The van der Waals surface area contributed by atoms with Gasteiger partial charge in [0.15, 0.2) is 0 Å². The zero-order chi connectivity index (χ0) is 14.2. The molecule has 1 aliphatic rings. The van der Waals surface area contributed by atoms with E-state index in [4.69, 9.17) is 0 Å². The number of phenolic OH excluding ortho intramolecular Hbond substituents is 2. The van der Waals surface area contributed by atoms with E-state index in [1.807, 2.05) is 18.2 Å². The molecule has 2 aromatic rings. The topological polar surface area (TPSA) is 64.2 Å². The minimum absolute atomic E-state index is 0.233. The lowest BCUT2D eigenvalue weighted by Crippen LogP contribution is -2.23. The molecule has 0 fully saturated rings. The number of aryl methyl sites for hydroxylation is 1. The minimum Gasteiger partial charge on any atom is -0.508 e. The molecule has 3 heteroatoms. The van der Waals surface area contributed by atoms with Gasteiger partial charge in [-0.15, -0.1) is 0 Å². The van der Waals surface area contributed by atoms with Gasteiger partial charge in [-0.3, -0.25) is 0 Å². The van der Waals surface area contributed by atoms with Crippen LogP contribution in [0.25, 0.3) is 0 Å². The molecule has 0 heterocycles. The van der Waals surface area contributed by atoms with Crippen LogP contribution >= 0.6 is 0 Å². The van der Waals surface area contributed by atoms with E-state index in [0.29, 0.717) is 6.42 Å². The molecular formula is C17H15NO2. The van der Waals surface area contributed by atoms with Crippen molar-refractivity contribution in [3.63, 3.8) is 0 Å². The van der Waals surface area contributed by atoms with E-state index >= 15 is 0 Å². The first-order valence-corrected chi connectivity index (χ1v) is 6.64. The van der Waals surface area contributed by atoms with Crippen molar-refractivity contribution >= 4 is 0 Å². The van der Waals surface area contributed by atoms with Crippen LogP contribution in [-0.4, -0.2) is 10.2 Å². The summed E-state index contributed by atoms with van der Waals surface area (Å²) in [6.45, 7) is 0. The number of hydrogen-bond acceptors (Lipinski definition) is 3. The van der Waals surface area contributed by atoms with Crippen LogP contribution in [0.5, 0.6) is 11.5 Å². The Bertz CT molecular complexity index is 685. The molecule has 0 unspecified atom stereocenters. The normalized spacial score (nSPS) is 20.4. The summed E-state index contributed by atoms with van der Waals surface area (Å²) in [5.74, 6) is 0.485. The van der Waals surface area contributed by atoms with Crippen LogP contribution < -0.4 is 0 Å². The van der Waals surface area contributed by atoms with Crippen molar-refractivity contribution in [2.24, 2.45) is 0 Å². The maximum atomic E-state index is 9.69. The molecule has 1 aliphatic carbocycles. The number of nitrogens with zero attached hydrogens (tertiary/aromatic N) is 1. The third kappa shape index (κ3) is 2.00. The van der Waals surface area contributed by atoms with Crippen LogP contribution in [0.3, 0.4) is 0 Å². The number of phenols is 2. The van der Waals surface area contributed by atoms with Gasteiger partial charge in [-0.2, -0.15) is 5.26 Å². The van der Waals surface area contributed by atoms with Gasteiger partial charge in [0.1, 0.15) is 11.5 Å². The lowest BCUT2D eigenvalue weighted by Gasteiger charge is -2.22. The van der Waals surface area contributed by atoms with Crippen molar-refractivity contribution in [1.82, 2.24) is 0 Å². The average molecular weight is 265 g/mol. The summed E-state index contributed by atoms with van der Waals surface area (Å²) in [7, 11) is 0. The largest absolute Gasteiger partial charge is 0.508 e. The Morgan fingerprint density at radius 1 is 1.05 bits per heavy atom. The van der Waals surface area contributed by atoms with Crippen molar-refractivity contribution in [2.75, 3.05) is 0 Å². The summed E-state index contributed by atoms with van der Waals surface area (Å²) in [4.78, 5) is 0. The highest BCUT2D eigenvalue weighted by molar-refractivity contribution is 5.48. The van der Waals surface area contributed by atoms with Gasteiger partial charge in [-0.05, 0) is 60.2 Å². The first-order chi connectivity index (χ1) is 9.63. The number of hydrogen-bond donors (Lipinski definition) is 2. The summed E-state index contributed by atoms with van der Waals surface area (Å²) in [5, 5.41) is 28.6. The second-order valence-corrected chi connectivity index (χ2v) is 5.38. The second-order valence-electron chi connectivity index (χ2n) is 5.38. The third-order valence-electron chi connectivity index (χ3n) is 4.08. The Balaban J connectivity index is 1.99. The van der Waals surface area contributed by atoms with Gasteiger partial charge in [0.05, 0.1) is 11.5 Å². The zero-order valence-electron chi connectivity index (χ0n) is 11.0. The molecule has 0 saturated heterocycles. The number of nitriles is 1. The Hall–Kier alpha value is -2.47. The predicted octanol–water partition coefficient (Wildman–Crippen LogP) is 3.05. The first kappa shape index (κ1) is 12.6. The highest BCUT2D eigenvalue weighted by Crippen LogP contribution is 2.42. The molecule has 2 N–H and O–H groups in total. The fourth-order valence-corrected chi connectivity index (χ4v) is 3.04. The summed E-state index contributed by atoms with van der Waals surface area (Å²) in [5.41, 5.74) is 2.58. The highest BCUT2D eigenvalue weighted by Gasteiger charge is 2.39. The first-order valence-electron chi connectivity index (χ1n) is 6.64. The van der Waals surface area contributed by atoms with Crippen LogP contribution in [-0.2, 0) is 18.3 Å². The molecular weight excluding hydrogens is 250 g/mol.